The average Bonchev–Trinajstić information content (AvgIpc) is 3.33. The molecule has 3 heterocycles. The maximum Gasteiger partial charge on any atom is 0.332 e. The SMILES string of the molecule is Cn1cnc2c1c(=O)n(CCCSc1nccn1-c1ccc(Cl)cc1)c(=O)n2C. The fourth-order valence-corrected chi connectivity index (χ4v) is 4.20. The molecule has 150 valence electrons. The van der Waals surface area contributed by atoms with Crippen molar-refractivity contribution in [1.82, 2.24) is 28.2 Å². The summed E-state index contributed by atoms with van der Waals surface area (Å²) in [4.78, 5) is 33.8. The number of nitrogens with zero attached hydrogens (tertiary/aromatic N) is 6. The Morgan fingerprint density at radius 2 is 1.86 bits per heavy atom. The third-order valence-corrected chi connectivity index (χ3v) is 5.97. The molecule has 0 bridgehead atoms. The molecular formula is C19H19ClN6O2S. The van der Waals surface area contributed by atoms with Crippen LogP contribution in [0.4, 0.5) is 0 Å². The molecule has 0 N–H and O–H groups in total. The summed E-state index contributed by atoms with van der Waals surface area (Å²) in [6.45, 7) is 0.335. The number of hydrogen-bond donors (Lipinski definition) is 0. The zero-order valence-corrected chi connectivity index (χ0v) is 17.5. The molecule has 3 aromatic heterocycles. The van der Waals surface area contributed by atoms with Crippen LogP contribution in [-0.4, -0.2) is 34.0 Å². The number of aromatic nitrogens is 6. The molecule has 1 aromatic carbocycles. The van der Waals surface area contributed by atoms with Crippen LogP contribution in [0.2, 0.25) is 5.02 Å². The van der Waals surface area contributed by atoms with Crippen LogP contribution in [-0.2, 0) is 20.6 Å². The normalized spacial score (nSPS) is 11.4. The predicted octanol–water partition coefficient (Wildman–Crippen LogP) is 2.46. The van der Waals surface area contributed by atoms with Crippen molar-refractivity contribution in [2.24, 2.45) is 14.1 Å². The molecule has 10 heteroatoms. The average molecular weight is 431 g/mol. The van der Waals surface area contributed by atoms with E-state index in [4.69, 9.17) is 11.6 Å². The van der Waals surface area contributed by atoms with Crippen LogP contribution < -0.4 is 11.2 Å². The lowest BCUT2D eigenvalue weighted by Gasteiger charge is -2.09. The topological polar surface area (TPSA) is 79.6 Å². The molecule has 0 unspecified atom stereocenters. The Balaban J connectivity index is 1.48. The van der Waals surface area contributed by atoms with E-state index >= 15 is 0 Å². The predicted molar refractivity (Wildman–Crippen MR) is 114 cm³/mol. The van der Waals surface area contributed by atoms with Gasteiger partial charge in [0, 0.05) is 49.5 Å². The molecule has 29 heavy (non-hydrogen) atoms. The van der Waals surface area contributed by atoms with Gasteiger partial charge in [0.15, 0.2) is 16.3 Å². The van der Waals surface area contributed by atoms with Gasteiger partial charge in [-0.3, -0.25) is 18.5 Å². The Labute approximate surface area is 175 Å². The molecule has 0 spiro atoms. The van der Waals surface area contributed by atoms with Gasteiger partial charge in [0.1, 0.15) is 0 Å². The summed E-state index contributed by atoms with van der Waals surface area (Å²) in [6.07, 6.45) is 5.83. The largest absolute Gasteiger partial charge is 0.332 e. The number of aryl methyl sites for hydroxylation is 2. The van der Waals surface area contributed by atoms with Gasteiger partial charge in [0.05, 0.1) is 6.33 Å². The molecule has 0 fully saturated rings. The van der Waals surface area contributed by atoms with Crippen molar-refractivity contribution in [3.63, 3.8) is 0 Å². The van der Waals surface area contributed by atoms with Crippen molar-refractivity contribution in [2.75, 3.05) is 5.75 Å². The fourth-order valence-electron chi connectivity index (χ4n) is 3.17. The smallest absolute Gasteiger partial charge is 0.328 e. The monoisotopic (exact) mass is 430 g/mol. The van der Waals surface area contributed by atoms with Crippen LogP contribution in [0.5, 0.6) is 0 Å². The van der Waals surface area contributed by atoms with E-state index in [1.54, 1.807) is 42.9 Å². The third kappa shape index (κ3) is 3.63. The lowest BCUT2D eigenvalue weighted by molar-refractivity contribution is 0.594. The second-order valence-electron chi connectivity index (χ2n) is 6.58. The van der Waals surface area contributed by atoms with Gasteiger partial charge in [-0.05, 0) is 30.7 Å². The van der Waals surface area contributed by atoms with Crippen molar-refractivity contribution in [2.45, 2.75) is 18.1 Å². The fraction of sp³-hybridized carbons (Fsp3) is 0.263. The molecule has 0 saturated carbocycles. The maximum atomic E-state index is 12.7. The van der Waals surface area contributed by atoms with E-state index in [9.17, 15) is 9.59 Å². The molecular weight excluding hydrogens is 412 g/mol. The molecule has 8 nitrogen and oxygen atoms in total. The first-order valence-electron chi connectivity index (χ1n) is 9.00. The number of imidazole rings is 2. The van der Waals surface area contributed by atoms with Gasteiger partial charge in [-0.25, -0.2) is 14.8 Å². The van der Waals surface area contributed by atoms with Gasteiger partial charge in [-0.1, -0.05) is 23.4 Å². The van der Waals surface area contributed by atoms with E-state index in [0.29, 0.717) is 34.9 Å². The van der Waals surface area contributed by atoms with Crippen molar-refractivity contribution in [1.29, 1.82) is 0 Å². The van der Waals surface area contributed by atoms with Crippen LogP contribution in [0.3, 0.4) is 0 Å². The van der Waals surface area contributed by atoms with Gasteiger partial charge < -0.3 is 4.57 Å². The molecule has 0 saturated heterocycles. The lowest BCUT2D eigenvalue weighted by atomic mass is 10.3. The number of benzene rings is 1. The molecule has 4 rings (SSSR count). The summed E-state index contributed by atoms with van der Waals surface area (Å²) in [6, 6.07) is 7.53. The molecule has 0 amide bonds. The van der Waals surface area contributed by atoms with Crippen LogP contribution in [0, 0.1) is 0 Å². The van der Waals surface area contributed by atoms with E-state index in [2.05, 4.69) is 9.97 Å². The van der Waals surface area contributed by atoms with Gasteiger partial charge in [-0.2, -0.15) is 0 Å². The Morgan fingerprint density at radius 3 is 2.62 bits per heavy atom. The zero-order chi connectivity index (χ0) is 20.5. The second kappa shape index (κ2) is 7.92. The highest BCUT2D eigenvalue weighted by atomic mass is 35.5. The molecule has 0 aliphatic carbocycles. The molecule has 0 aliphatic rings. The first-order chi connectivity index (χ1) is 14.0. The number of hydrogen-bond acceptors (Lipinski definition) is 5. The van der Waals surface area contributed by atoms with E-state index in [-0.39, 0.29) is 11.2 Å². The minimum atomic E-state index is -0.353. The van der Waals surface area contributed by atoms with E-state index in [1.165, 1.54) is 9.13 Å². The highest BCUT2D eigenvalue weighted by molar-refractivity contribution is 7.99. The standard InChI is InChI=1S/C19H19ClN6O2S/c1-23-12-22-16-15(23)17(27)26(19(28)24(16)2)9-3-11-29-18-21-8-10-25(18)14-6-4-13(20)5-7-14/h4-8,10,12H,3,9,11H2,1-2H3. The summed E-state index contributed by atoms with van der Waals surface area (Å²) in [7, 11) is 3.38. The van der Waals surface area contributed by atoms with Crippen LogP contribution >= 0.6 is 23.4 Å². The van der Waals surface area contributed by atoms with E-state index in [0.717, 1.165) is 10.8 Å². The summed E-state index contributed by atoms with van der Waals surface area (Å²) >= 11 is 7.53. The summed E-state index contributed by atoms with van der Waals surface area (Å²) in [5.41, 5.74) is 1.14. The Hall–Kier alpha value is -2.78. The first kappa shape index (κ1) is 19.5. The number of thioether (sulfide) groups is 1. The summed E-state index contributed by atoms with van der Waals surface area (Å²) in [5, 5.41) is 1.52. The number of rotatable bonds is 6. The van der Waals surface area contributed by atoms with E-state index in [1.807, 2.05) is 35.0 Å². The third-order valence-electron chi connectivity index (χ3n) is 4.67. The highest BCUT2D eigenvalue weighted by Gasteiger charge is 2.14. The molecule has 4 aromatic rings. The maximum absolute atomic E-state index is 12.7. The quantitative estimate of drug-likeness (QED) is 0.347. The van der Waals surface area contributed by atoms with Crippen LogP contribution in [0.15, 0.2) is 57.7 Å². The number of fused-ring (bicyclic) bond motifs is 1. The summed E-state index contributed by atoms with van der Waals surface area (Å²) < 4.78 is 6.31. The second-order valence-corrected chi connectivity index (χ2v) is 8.08. The van der Waals surface area contributed by atoms with Gasteiger partial charge >= 0.3 is 5.69 Å². The minimum Gasteiger partial charge on any atom is -0.328 e. The lowest BCUT2D eigenvalue weighted by Crippen LogP contribution is -2.39. The Morgan fingerprint density at radius 1 is 1.10 bits per heavy atom. The van der Waals surface area contributed by atoms with Crippen molar-refractivity contribution in [3.05, 3.63) is 68.8 Å². The number of halogens is 1. The zero-order valence-electron chi connectivity index (χ0n) is 15.9. The Bertz CT molecular complexity index is 1290. The van der Waals surface area contributed by atoms with Crippen molar-refractivity contribution < 1.29 is 0 Å². The van der Waals surface area contributed by atoms with Gasteiger partial charge in [-0.15, -0.1) is 0 Å². The minimum absolute atomic E-state index is 0.309. The van der Waals surface area contributed by atoms with Crippen molar-refractivity contribution >= 4 is 34.5 Å². The van der Waals surface area contributed by atoms with Gasteiger partial charge in [0.25, 0.3) is 5.56 Å². The first-order valence-corrected chi connectivity index (χ1v) is 10.4. The molecule has 0 radical (unpaired) electrons. The van der Waals surface area contributed by atoms with Crippen LogP contribution in [0.1, 0.15) is 6.42 Å². The molecule has 0 aliphatic heterocycles. The van der Waals surface area contributed by atoms with Crippen molar-refractivity contribution in [3.8, 4) is 5.69 Å². The molecule has 0 atom stereocenters. The van der Waals surface area contributed by atoms with Crippen LogP contribution in [0.25, 0.3) is 16.9 Å². The van der Waals surface area contributed by atoms with Gasteiger partial charge in [0.2, 0.25) is 0 Å². The summed E-state index contributed by atoms with van der Waals surface area (Å²) in [5.74, 6) is 0.712. The highest BCUT2D eigenvalue weighted by Crippen LogP contribution is 2.22. The van der Waals surface area contributed by atoms with E-state index < -0.39 is 0 Å². The Kier molecular flexibility index (Phi) is 5.33.